The van der Waals surface area contributed by atoms with Crippen LogP contribution in [0.1, 0.15) is 90.9 Å². The second kappa shape index (κ2) is 10.8. The Morgan fingerprint density at radius 3 is 2.11 bits per heavy atom. The summed E-state index contributed by atoms with van der Waals surface area (Å²) < 4.78 is 5.97. The van der Waals surface area contributed by atoms with Crippen molar-refractivity contribution in [2.75, 3.05) is 6.61 Å². The topological polar surface area (TPSA) is 9.23 Å². The molecule has 1 saturated carbocycles. The van der Waals surface area contributed by atoms with Crippen LogP contribution in [0.3, 0.4) is 0 Å². The zero-order valence-corrected chi connectivity index (χ0v) is 12.8. The van der Waals surface area contributed by atoms with Crippen LogP contribution in [-0.2, 0) is 4.74 Å². The van der Waals surface area contributed by atoms with E-state index in [1.165, 1.54) is 77.0 Å². The standard InChI is InChI=1S/C17H34O/c1-3-5-6-7-8-9-10-15-17(18-4-2)16-13-11-12-14-16/h16-17H,3-15H2,1-2H3. The number of hydrogen-bond acceptors (Lipinski definition) is 1. The Labute approximate surface area is 115 Å². The van der Waals surface area contributed by atoms with Gasteiger partial charge < -0.3 is 4.74 Å². The molecule has 1 aliphatic rings. The molecule has 1 unspecified atom stereocenters. The van der Waals surface area contributed by atoms with Gasteiger partial charge in [-0.2, -0.15) is 0 Å². The fraction of sp³-hybridized carbons (Fsp3) is 1.00. The first-order chi connectivity index (χ1) is 8.88. The lowest BCUT2D eigenvalue weighted by molar-refractivity contribution is 0.0143. The summed E-state index contributed by atoms with van der Waals surface area (Å²) in [5.74, 6) is 0.880. The van der Waals surface area contributed by atoms with Gasteiger partial charge in [0.25, 0.3) is 0 Å². The van der Waals surface area contributed by atoms with Gasteiger partial charge in [-0.3, -0.25) is 0 Å². The van der Waals surface area contributed by atoms with E-state index in [-0.39, 0.29) is 0 Å². The van der Waals surface area contributed by atoms with Crippen molar-refractivity contribution in [1.29, 1.82) is 0 Å². The Balaban J connectivity index is 2.02. The highest BCUT2D eigenvalue weighted by atomic mass is 16.5. The van der Waals surface area contributed by atoms with E-state index < -0.39 is 0 Å². The maximum absolute atomic E-state index is 5.97. The third kappa shape index (κ3) is 6.78. The predicted molar refractivity (Wildman–Crippen MR) is 80.0 cm³/mol. The molecule has 18 heavy (non-hydrogen) atoms. The van der Waals surface area contributed by atoms with Crippen molar-refractivity contribution in [3.8, 4) is 0 Å². The molecule has 0 aliphatic heterocycles. The van der Waals surface area contributed by atoms with Crippen molar-refractivity contribution >= 4 is 0 Å². The van der Waals surface area contributed by atoms with Gasteiger partial charge in [-0.05, 0) is 32.1 Å². The van der Waals surface area contributed by atoms with Crippen LogP contribution < -0.4 is 0 Å². The zero-order valence-electron chi connectivity index (χ0n) is 12.8. The van der Waals surface area contributed by atoms with Crippen molar-refractivity contribution in [1.82, 2.24) is 0 Å². The maximum Gasteiger partial charge on any atom is 0.0603 e. The van der Waals surface area contributed by atoms with Crippen LogP contribution in [0.15, 0.2) is 0 Å². The highest BCUT2D eigenvalue weighted by Gasteiger charge is 2.24. The fourth-order valence-electron chi connectivity index (χ4n) is 3.30. The molecule has 1 aliphatic carbocycles. The Hall–Kier alpha value is -0.0400. The lowest BCUT2D eigenvalue weighted by atomic mass is 9.95. The second-order valence-electron chi connectivity index (χ2n) is 5.95. The second-order valence-corrected chi connectivity index (χ2v) is 5.95. The molecule has 108 valence electrons. The number of hydrogen-bond donors (Lipinski definition) is 0. The Morgan fingerprint density at radius 2 is 1.50 bits per heavy atom. The van der Waals surface area contributed by atoms with E-state index in [1.807, 2.05) is 0 Å². The first-order valence-corrected chi connectivity index (χ1v) is 8.50. The van der Waals surface area contributed by atoms with Crippen molar-refractivity contribution < 1.29 is 4.74 Å². The highest BCUT2D eigenvalue weighted by molar-refractivity contribution is 4.76. The van der Waals surface area contributed by atoms with Crippen LogP contribution in [0.25, 0.3) is 0 Å². The van der Waals surface area contributed by atoms with E-state index in [2.05, 4.69) is 13.8 Å². The predicted octanol–water partition coefficient (Wildman–Crippen LogP) is 5.72. The van der Waals surface area contributed by atoms with Gasteiger partial charge in [0.1, 0.15) is 0 Å². The van der Waals surface area contributed by atoms with Crippen LogP contribution in [0, 0.1) is 5.92 Å². The molecular weight excluding hydrogens is 220 g/mol. The summed E-state index contributed by atoms with van der Waals surface area (Å²) in [5.41, 5.74) is 0. The monoisotopic (exact) mass is 254 g/mol. The van der Waals surface area contributed by atoms with E-state index in [0.717, 1.165) is 12.5 Å². The smallest absolute Gasteiger partial charge is 0.0603 e. The molecule has 0 amide bonds. The van der Waals surface area contributed by atoms with E-state index >= 15 is 0 Å². The van der Waals surface area contributed by atoms with Gasteiger partial charge in [0, 0.05) is 6.61 Å². The van der Waals surface area contributed by atoms with Crippen LogP contribution in [0.2, 0.25) is 0 Å². The van der Waals surface area contributed by atoms with Gasteiger partial charge in [-0.15, -0.1) is 0 Å². The number of ether oxygens (including phenoxy) is 1. The quantitative estimate of drug-likeness (QED) is 0.428. The summed E-state index contributed by atoms with van der Waals surface area (Å²) in [6, 6.07) is 0. The Bertz CT molecular complexity index is 172. The van der Waals surface area contributed by atoms with Gasteiger partial charge in [0.2, 0.25) is 0 Å². The molecule has 0 N–H and O–H groups in total. The van der Waals surface area contributed by atoms with Crippen LogP contribution in [0.4, 0.5) is 0 Å². The molecule has 0 saturated heterocycles. The van der Waals surface area contributed by atoms with E-state index in [1.54, 1.807) is 0 Å². The zero-order chi connectivity index (χ0) is 13.1. The van der Waals surface area contributed by atoms with Crippen LogP contribution in [-0.4, -0.2) is 12.7 Å². The molecule has 0 heterocycles. The van der Waals surface area contributed by atoms with Crippen LogP contribution in [0.5, 0.6) is 0 Å². The first-order valence-electron chi connectivity index (χ1n) is 8.50. The average Bonchev–Trinajstić information content (AvgIpc) is 2.90. The number of rotatable bonds is 11. The molecule has 0 bridgehead atoms. The fourth-order valence-corrected chi connectivity index (χ4v) is 3.30. The summed E-state index contributed by atoms with van der Waals surface area (Å²) in [7, 11) is 0. The molecule has 1 atom stereocenters. The van der Waals surface area contributed by atoms with Gasteiger partial charge >= 0.3 is 0 Å². The largest absolute Gasteiger partial charge is 0.378 e. The molecule has 1 nitrogen and oxygen atoms in total. The van der Waals surface area contributed by atoms with Crippen molar-refractivity contribution in [3.63, 3.8) is 0 Å². The lowest BCUT2D eigenvalue weighted by Crippen LogP contribution is -2.22. The molecule has 0 aromatic heterocycles. The minimum atomic E-state index is 0.577. The van der Waals surface area contributed by atoms with Gasteiger partial charge in [0.05, 0.1) is 6.10 Å². The maximum atomic E-state index is 5.97. The molecule has 0 spiro atoms. The van der Waals surface area contributed by atoms with Crippen molar-refractivity contribution in [2.45, 2.75) is 97.0 Å². The molecular formula is C17H34O. The van der Waals surface area contributed by atoms with Gasteiger partial charge in [-0.25, -0.2) is 0 Å². The number of unbranched alkanes of at least 4 members (excludes halogenated alkanes) is 6. The van der Waals surface area contributed by atoms with Crippen molar-refractivity contribution in [3.05, 3.63) is 0 Å². The summed E-state index contributed by atoms with van der Waals surface area (Å²) in [6.45, 7) is 5.33. The first kappa shape index (κ1) is 16.0. The molecule has 1 rings (SSSR count). The summed E-state index contributed by atoms with van der Waals surface area (Å²) >= 11 is 0. The van der Waals surface area contributed by atoms with E-state index in [0.29, 0.717) is 6.10 Å². The van der Waals surface area contributed by atoms with E-state index in [9.17, 15) is 0 Å². The summed E-state index contributed by atoms with van der Waals surface area (Å²) in [4.78, 5) is 0. The molecule has 0 aromatic carbocycles. The molecule has 0 radical (unpaired) electrons. The summed E-state index contributed by atoms with van der Waals surface area (Å²) in [6.07, 6.45) is 17.5. The van der Waals surface area contributed by atoms with E-state index in [4.69, 9.17) is 4.74 Å². The van der Waals surface area contributed by atoms with Gasteiger partial charge in [-0.1, -0.05) is 64.7 Å². The Morgan fingerprint density at radius 1 is 0.889 bits per heavy atom. The minimum absolute atomic E-state index is 0.577. The molecule has 0 aromatic rings. The average molecular weight is 254 g/mol. The minimum Gasteiger partial charge on any atom is -0.378 e. The third-order valence-electron chi connectivity index (χ3n) is 4.40. The SMILES string of the molecule is CCCCCCCCCC(OCC)C1CCCC1. The van der Waals surface area contributed by atoms with Gasteiger partial charge in [0.15, 0.2) is 0 Å². The van der Waals surface area contributed by atoms with Crippen molar-refractivity contribution in [2.24, 2.45) is 5.92 Å². The van der Waals surface area contributed by atoms with Crippen LogP contribution >= 0.6 is 0 Å². The third-order valence-corrected chi connectivity index (χ3v) is 4.40. The molecule has 1 fully saturated rings. The Kier molecular flexibility index (Phi) is 9.65. The normalized spacial score (nSPS) is 18.3. The summed E-state index contributed by atoms with van der Waals surface area (Å²) in [5, 5.41) is 0. The molecule has 1 heteroatoms. The highest BCUT2D eigenvalue weighted by Crippen LogP contribution is 2.31. The lowest BCUT2D eigenvalue weighted by Gasteiger charge is -2.23.